The molecule has 3 heterocycles. The van der Waals surface area contributed by atoms with Crippen molar-refractivity contribution in [2.75, 3.05) is 42.9 Å². The fraction of sp³-hybridized carbons (Fsp3) is 0.381. The Morgan fingerprint density at radius 1 is 1.17 bits per heavy atom. The van der Waals surface area contributed by atoms with Gasteiger partial charge in [-0.1, -0.05) is 12.1 Å². The van der Waals surface area contributed by atoms with Crippen molar-refractivity contribution in [2.45, 2.75) is 19.4 Å². The first kappa shape index (κ1) is 19.2. The standard InChI is InChI=1S/C21H24N4O4/c1-15-13-19(26)22-16-5-2-3-6-17(16)25(15)20(27)14-23-8-10-24(11-9-23)21(28)18-7-4-12-29-18/h2-7,12,15H,8-11,13-14H2,1H3,(H,22,26)/p+1/t15-/m1/s1. The third kappa shape index (κ3) is 4.02. The van der Waals surface area contributed by atoms with E-state index >= 15 is 0 Å². The number of para-hydroxylation sites is 2. The number of piperazine rings is 1. The van der Waals surface area contributed by atoms with Crippen LogP contribution < -0.4 is 15.1 Å². The summed E-state index contributed by atoms with van der Waals surface area (Å²) in [5, 5.41) is 2.88. The summed E-state index contributed by atoms with van der Waals surface area (Å²) in [6, 6.07) is 10.5. The molecule has 0 bridgehead atoms. The molecule has 8 nitrogen and oxygen atoms in total. The van der Waals surface area contributed by atoms with Gasteiger partial charge in [0.2, 0.25) is 5.91 Å². The fourth-order valence-corrected chi connectivity index (χ4v) is 4.03. The maximum absolute atomic E-state index is 13.2. The predicted molar refractivity (Wildman–Crippen MR) is 107 cm³/mol. The van der Waals surface area contributed by atoms with Crippen LogP contribution in [-0.4, -0.2) is 61.4 Å². The molecule has 4 rings (SSSR count). The van der Waals surface area contributed by atoms with E-state index < -0.39 is 0 Å². The number of hydrogen-bond acceptors (Lipinski definition) is 4. The Bertz CT molecular complexity index is 903. The zero-order valence-electron chi connectivity index (χ0n) is 16.4. The first-order valence-corrected chi connectivity index (χ1v) is 9.90. The Balaban J connectivity index is 1.41. The quantitative estimate of drug-likeness (QED) is 0.784. The summed E-state index contributed by atoms with van der Waals surface area (Å²) >= 11 is 0. The van der Waals surface area contributed by atoms with E-state index in [1.165, 1.54) is 6.26 Å². The number of quaternary nitrogens is 1. The van der Waals surface area contributed by atoms with Crippen molar-refractivity contribution in [3.63, 3.8) is 0 Å². The van der Waals surface area contributed by atoms with Crippen molar-refractivity contribution in [3.05, 3.63) is 48.4 Å². The molecular weight excluding hydrogens is 372 g/mol. The van der Waals surface area contributed by atoms with Crippen molar-refractivity contribution in [1.29, 1.82) is 0 Å². The summed E-state index contributed by atoms with van der Waals surface area (Å²) in [5.41, 5.74) is 1.40. The van der Waals surface area contributed by atoms with E-state index in [-0.39, 0.29) is 30.2 Å². The molecule has 0 spiro atoms. The largest absolute Gasteiger partial charge is 0.459 e. The SMILES string of the molecule is C[C@@H]1CC(=O)Nc2ccccc2N1C(=O)C[NH+]1CCN(C(=O)c2ccco2)CC1. The van der Waals surface area contributed by atoms with Gasteiger partial charge in [0, 0.05) is 12.5 Å². The Labute approximate surface area is 169 Å². The zero-order valence-corrected chi connectivity index (χ0v) is 16.4. The van der Waals surface area contributed by atoms with Crippen molar-refractivity contribution >= 4 is 29.1 Å². The van der Waals surface area contributed by atoms with E-state index in [1.807, 2.05) is 31.2 Å². The van der Waals surface area contributed by atoms with Crippen molar-refractivity contribution in [2.24, 2.45) is 0 Å². The lowest BCUT2D eigenvalue weighted by Gasteiger charge is -2.33. The normalized spacial score (nSPS) is 20.0. The first-order valence-electron chi connectivity index (χ1n) is 9.90. The number of nitrogens with zero attached hydrogens (tertiary/aromatic N) is 2. The smallest absolute Gasteiger partial charge is 0.289 e. The van der Waals surface area contributed by atoms with Gasteiger partial charge >= 0.3 is 0 Å². The third-order valence-corrected chi connectivity index (χ3v) is 5.52. The minimum absolute atomic E-state index is 0.0118. The number of anilines is 2. The van der Waals surface area contributed by atoms with Crippen LogP contribution in [0.15, 0.2) is 47.1 Å². The molecule has 2 aromatic rings. The Morgan fingerprint density at radius 2 is 1.93 bits per heavy atom. The number of furan rings is 1. The average molecular weight is 397 g/mol. The fourth-order valence-electron chi connectivity index (χ4n) is 4.03. The number of carbonyl (C=O) groups is 3. The highest BCUT2D eigenvalue weighted by atomic mass is 16.3. The molecule has 152 valence electrons. The van der Waals surface area contributed by atoms with Crippen molar-refractivity contribution < 1.29 is 23.7 Å². The molecule has 0 radical (unpaired) electrons. The van der Waals surface area contributed by atoms with Gasteiger partial charge in [-0.15, -0.1) is 0 Å². The Kier molecular flexibility index (Phi) is 5.35. The highest BCUT2D eigenvalue weighted by Crippen LogP contribution is 2.31. The Hall–Kier alpha value is -3.13. The first-order chi connectivity index (χ1) is 14.0. The second-order valence-electron chi connectivity index (χ2n) is 7.58. The van der Waals surface area contributed by atoms with Gasteiger partial charge in [-0.25, -0.2) is 0 Å². The van der Waals surface area contributed by atoms with Crippen LogP contribution in [0.5, 0.6) is 0 Å². The van der Waals surface area contributed by atoms with Crippen LogP contribution in [-0.2, 0) is 9.59 Å². The molecule has 2 aliphatic heterocycles. The van der Waals surface area contributed by atoms with Gasteiger partial charge < -0.3 is 24.4 Å². The number of nitrogens with one attached hydrogen (secondary N) is 2. The monoisotopic (exact) mass is 397 g/mol. The second kappa shape index (κ2) is 8.08. The molecule has 8 heteroatoms. The lowest BCUT2D eigenvalue weighted by Crippen LogP contribution is -3.16. The van der Waals surface area contributed by atoms with E-state index in [9.17, 15) is 14.4 Å². The van der Waals surface area contributed by atoms with Gasteiger partial charge in [0.05, 0.1) is 43.8 Å². The van der Waals surface area contributed by atoms with Crippen molar-refractivity contribution in [3.8, 4) is 0 Å². The molecule has 0 saturated carbocycles. The number of hydrogen-bond donors (Lipinski definition) is 2. The molecule has 1 aromatic carbocycles. The molecule has 3 amide bonds. The molecule has 0 unspecified atom stereocenters. The number of carbonyl (C=O) groups excluding carboxylic acids is 3. The van der Waals surface area contributed by atoms with E-state index in [2.05, 4.69) is 5.32 Å². The summed E-state index contributed by atoms with van der Waals surface area (Å²) in [6.45, 7) is 4.77. The van der Waals surface area contributed by atoms with Gasteiger partial charge in [-0.05, 0) is 31.2 Å². The van der Waals surface area contributed by atoms with Crippen LogP contribution in [0.3, 0.4) is 0 Å². The molecule has 2 N–H and O–H groups in total. The van der Waals surface area contributed by atoms with Crippen LogP contribution in [0.4, 0.5) is 11.4 Å². The lowest BCUT2D eigenvalue weighted by atomic mass is 10.1. The number of benzene rings is 1. The lowest BCUT2D eigenvalue weighted by molar-refractivity contribution is -0.895. The molecule has 1 atom stereocenters. The number of rotatable bonds is 3. The highest BCUT2D eigenvalue weighted by Gasteiger charge is 2.33. The van der Waals surface area contributed by atoms with Gasteiger partial charge in [0.1, 0.15) is 0 Å². The second-order valence-corrected chi connectivity index (χ2v) is 7.58. The predicted octanol–water partition coefficient (Wildman–Crippen LogP) is 0.384. The molecule has 2 aliphatic rings. The summed E-state index contributed by atoms with van der Waals surface area (Å²) in [4.78, 5) is 42.3. The van der Waals surface area contributed by atoms with Gasteiger partial charge in [-0.2, -0.15) is 0 Å². The maximum Gasteiger partial charge on any atom is 0.289 e. The Morgan fingerprint density at radius 3 is 2.66 bits per heavy atom. The summed E-state index contributed by atoms with van der Waals surface area (Å²) < 4.78 is 5.19. The van der Waals surface area contributed by atoms with Crippen molar-refractivity contribution in [1.82, 2.24) is 4.90 Å². The molecule has 1 aromatic heterocycles. The molecular formula is C21H25N4O4+. The summed E-state index contributed by atoms with van der Waals surface area (Å²) in [5.74, 6) is 0.136. The molecule has 1 saturated heterocycles. The third-order valence-electron chi connectivity index (χ3n) is 5.52. The van der Waals surface area contributed by atoms with Gasteiger partial charge in [0.15, 0.2) is 12.3 Å². The van der Waals surface area contributed by atoms with E-state index in [1.54, 1.807) is 21.9 Å². The van der Waals surface area contributed by atoms with Gasteiger partial charge in [-0.3, -0.25) is 14.4 Å². The average Bonchev–Trinajstić information content (AvgIpc) is 3.20. The molecule has 1 fully saturated rings. The topological polar surface area (TPSA) is 87.3 Å². The molecule has 29 heavy (non-hydrogen) atoms. The van der Waals surface area contributed by atoms with E-state index in [4.69, 9.17) is 4.42 Å². The number of fused-ring (bicyclic) bond motifs is 1. The van der Waals surface area contributed by atoms with Crippen LogP contribution in [0, 0.1) is 0 Å². The minimum Gasteiger partial charge on any atom is -0.459 e. The van der Waals surface area contributed by atoms with Crippen LogP contribution in [0.1, 0.15) is 23.9 Å². The van der Waals surface area contributed by atoms with E-state index in [0.29, 0.717) is 44.2 Å². The van der Waals surface area contributed by atoms with Crippen LogP contribution in [0.25, 0.3) is 0 Å². The maximum atomic E-state index is 13.2. The highest BCUT2D eigenvalue weighted by molar-refractivity contribution is 6.04. The summed E-state index contributed by atoms with van der Waals surface area (Å²) in [6.07, 6.45) is 1.76. The number of amides is 3. The molecule has 0 aliphatic carbocycles. The summed E-state index contributed by atoms with van der Waals surface area (Å²) in [7, 11) is 0. The van der Waals surface area contributed by atoms with Gasteiger partial charge in [0.25, 0.3) is 11.8 Å². The zero-order chi connectivity index (χ0) is 20.4. The van der Waals surface area contributed by atoms with Crippen LogP contribution >= 0.6 is 0 Å². The minimum atomic E-state index is -0.215. The van der Waals surface area contributed by atoms with E-state index in [0.717, 1.165) is 10.6 Å². The van der Waals surface area contributed by atoms with Crippen LogP contribution in [0.2, 0.25) is 0 Å².